The normalized spacial score (nSPS) is 12.1. The van der Waals surface area contributed by atoms with E-state index >= 15 is 0 Å². The minimum absolute atomic E-state index is 0.0331. The van der Waals surface area contributed by atoms with Gasteiger partial charge in [-0.15, -0.1) is 0 Å². The molecule has 162 valence electrons. The molecular formula is C21H26FN3O4S. The number of carbonyl (C=O) groups is 2. The van der Waals surface area contributed by atoms with Gasteiger partial charge in [0.25, 0.3) is 5.91 Å². The first kappa shape index (κ1) is 23.3. The molecule has 2 rings (SSSR count). The zero-order valence-electron chi connectivity index (χ0n) is 17.2. The van der Waals surface area contributed by atoms with Gasteiger partial charge in [-0.1, -0.05) is 31.5 Å². The van der Waals surface area contributed by atoms with Crippen LogP contribution in [0.25, 0.3) is 0 Å². The topological polar surface area (TPSA) is 95.6 Å². The van der Waals surface area contributed by atoms with E-state index in [0.717, 1.165) is 29.5 Å². The van der Waals surface area contributed by atoms with Gasteiger partial charge in [-0.2, -0.15) is 0 Å². The summed E-state index contributed by atoms with van der Waals surface area (Å²) in [5, 5.41) is 5.40. The van der Waals surface area contributed by atoms with Crippen molar-refractivity contribution >= 4 is 33.2 Å². The zero-order valence-corrected chi connectivity index (χ0v) is 18.0. The van der Waals surface area contributed by atoms with Gasteiger partial charge in [0.05, 0.1) is 23.2 Å². The van der Waals surface area contributed by atoms with Crippen molar-refractivity contribution in [2.45, 2.75) is 32.7 Å². The summed E-state index contributed by atoms with van der Waals surface area (Å²) >= 11 is 0. The highest BCUT2D eigenvalue weighted by Gasteiger charge is 2.30. The Morgan fingerprint density at radius 3 is 2.47 bits per heavy atom. The standard InChI is InChI=1S/C21H26FN3O4S/c1-4-5-13-23-21(27)18-11-6-7-12-19(18)24-20(26)15(2)25(30(3,28)29)17-10-8-9-16(22)14-17/h6-12,14-15H,4-5,13H2,1-3H3,(H,23,27)(H,24,26). The van der Waals surface area contributed by atoms with Gasteiger partial charge in [-0.05, 0) is 43.7 Å². The zero-order chi connectivity index (χ0) is 22.3. The SMILES string of the molecule is CCCCNC(=O)c1ccccc1NC(=O)C(C)N(c1cccc(F)c1)S(C)(=O)=O. The summed E-state index contributed by atoms with van der Waals surface area (Å²) in [5.41, 5.74) is 0.563. The summed E-state index contributed by atoms with van der Waals surface area (Å²) in [5.74, 6) is -1.61. The molecule has 1 atom stereocenters. The second-order valence-electron chi connectivity index (χ2n) is 6.86. The molecule has 2 amide bonds. The lowest BCUT2D eigenvalue weighted by Crippen LogP contribution is -2.45. The number of amides is 2. The van der Waals surface area contributed by atoms with Crippen molar-refractivity contribution in [1.82, 2.24) is 5.32 Å². The molecule has 9 heteroatoms. The smallest absolute Gasteiger partial charge is 0.253 e. The van der Waals surface area contributed by atoms with Crippen molar-refractivity contribution in [3.8, 4) is 0 Å². The Kier molecular flexibility index (Phi) is 7.93. The van der Waals surface area contributed by atoms with Gasteiger partial charge in [0.15, 0.2) is 0 Å². The molecule has 0 aliphatic rings. The van der Waals surface area contributed by atoms with E-state index in [1.54, 1.807) is 24.3 Å². The van der Waals surface area contributed by atoms with Gasteiger partial charge in [-0.25, -0.2) is 12.8 Å². The van der Waals surface area contributed by atoms with Crippen LogP contribution in [0, 0.1) is 5.82 Å². The van der Waals surface area contributed by atoms with E-state index in [-0.39, 0.29) is 22.8 Å². The molecule has 0 radical (unpaired) electrons. The number of halogens is 1. The molecule has 0 bridgehead atoms. The fourth-order valence-corrected chi connectivity index (χ4v) is 4.09. The van der Waals surface area contributed by atoms with Crippen LogP contribution in [0.2, 0.25) is 0 Å². The first-order chi connectivity index (χ1) is 14.1. The maximum atomic E-state index is 13.6. The highest BCUT2D eigenvalue weighted by molar-refractivity contribution is 7.92. The molecule has 2 aromatic carbocycles. The molecule has 2 aromatic rings. The lowest BCUT2D eigenvalue weighted by atomic mass is 10.1. The van der Waals surface area contributed by atoms with Gasteiger partial charge in [0.2, 0.25) is 15.9 Å². The Labute approximate surface area is 176 Å². The predicted octanol–water partition coefficient (Wildman–Crippen LogP) is 3.15. The third-order valence-electron chi connectivity index (χ3n) is 4.40. The molecule has 0 heterocycles. The molecule has 0 saturated carbocycles. The van der Waals surface area contributed by atoms with Crippen molar-refractivity contribution in [1.29, 1.82) is 0 Å². The molecule has 30 heavy (non-hydrogen) atoms. The number of hydrogen-bond donors (Lipinski definition) is 2. The van der Waals surface area contributed by atoms with Crippen LogP contribution in [-0.4, -0.2) is 39.1 Å². The molecule has 0 fully saturated rings. The van der Waals surface area contributed by atoms with Gasteiger partial charge < -0.3 is 10.6 Å². The number of anilines is 2. The van der Waals surface area contributed by atoms with Gasteiger partial charge in [0, 0.05) is 6.54 Å². The van der Waals surface area contributed by atoms with E-state index in [1.807, 2.05) is 6.92 Å². The molecule has 2 N–H and O–H groups in total. The maximum absolute atomic E-state index is 13.6. The quantitative estimate of drug-likeness (QED) is 0.592. The Morgan fingerprint density at radius 2 is 1.83 bits per heavy atom. The third kappa shape index (κ3) is 6.03. The van der Waals surface area contributed by atoms with Gasteiger partial charge in [-0.3, -0.25) is 13.9 Å². The predicted molar refractivity (Wildman–Crippen MR) is 115 cm³/mol. The van der Waals surface area contributed by atoms with Gasteiger partial charge >= 0.3 is 0 Å². The average molecular weight is 436 g/mol. The van der Waals surface area contributed by atoms with Crippen LogP contribution in [0.1, 0.15) is 37.0 Å². The third-order valence-corrected chi connectivity index (χ3v) is 5.64. The van der Waals surface area contributed by atoms with E-state index < -0.39 is 27.8 Å². The van der Waals surface area contributed by atoms with Crippen molar-refractivity contribution in [3.63, 3.8) is 0 Å². The fraction of sp³-hybridized carbons (Fsp3) is 0.333. The van der Waals surface area contributed by atoms with Crippen LogP contribution in [-0.2, 0) is 14.8 Å². The molecule has 0 saturated heterocycles. The largest absolute Gasteiger partial charge is 0.352 e. The number of hydrogen-bond acceptors (Lipinski definition) is 4. The van der Waals surface area contributed by atoms with Crippen LogP contribution < -0.4 is 14.9 Å². The second kappa shape index (κ2) is 10.2. The number of nitrogens with one attached hydrogen (secondary N) is 2. The number of para-hydroxylation sites is 1. The molecule has 0 aliphatic heterocycles. The molecule has 0 aromatic heterocycles. The highest BCUT2D eigenvalue weighted by Crippen LogP contribution is 2.23. The van der Waals surface area contributed by atoms with E-state index in [0.29, 0.717) is 6.54 Å². The second-order valence-corrected chi connectivity index (χ2v) is 8.72. The number of carbonyl (C=O) groups excluding carboxylic acids is 2. The lowest BCUT2D eigenvalue weighted by Gasteiger charge is -2.28. The molecule has 0 spiro atoms. The van der Waals surface area contributed by atoms with Gasteiger partial charge in [0.1, 0.15) is 11.9 Å². The highest BCUT2D eigenvalue weighted by atomic mass is 32.2. The number of benzene rings is 2. The first-order valence-corrected chi connectivity index (χ1v) is 11.4. The Hall–Kier alpha value is -2.94. The summed E-state index contributed by atoms with van der Waals surface area (Å²) in [6, 6.07) is 10.3. The summed E-state index contributed by atoms with van der Waals surface area (Å²) in [6.45, 7) is 3.91. The van der Waals surface area contributed by atoms with Crippen molar-refractivity contribution in [2.75, 3.05) is 22.4 Å². The molecule has 7 nitrogen and oxygen atoms in total. The van der Waals surface area contributed by atoms with E-state index in [2.05, 4.69) is 10.6 Å². The van der Waals surface area contributed by atoms with E-state index in [1.165, 1.54) is 25.1 Å². The Balaban J connectivity index is 2.27. The van der Waals surface area contributed by atoms with Crippen LogP contribution in [0.3, 0.4) is 0 Å². The van der Waals surface area contributed by atoms with Crippen LogP contribution in [0.5, 0.6) is 0 Å². The van der Waals surface area contributed by atoms with Crippen LogP contribution in [0.15, 0.2) is 48.5 Å². The van der Waals surface area contributed by atoms with Crippen molar-refractivity contribution < 1.29 is 22.4 Å². The molecule has 1 unspecified atom stereocenters. The average Bonchev–Trinajstić information content (AvgIpc) is 2.67. The number of rotatable bonds is 9. The molecule has 0 aliphatic carbocycles. The summed E-state index contributed by atoms with van der Waals surface area (Å²) in [4.78, 5) is 25.3. The summed E-state index contributed by atoms with van der Waals surface area (Å²) in [7, 11) is -3.89. The minimum Gasteiger partial charge on any atom is -0.352 e. The van der Waals surface area contributed by atoms with E-state index in [4.69, 9.17) is 0 Å². The van der Waals surface area contributed by atoms with Crippen LogP contribution >= 0.6 is 0 Å². The van der Waals surface area contributed by atoms with Crippen molar-refractivity contribution in [2.24, 2.45) is 0 Å². The Bertz CT molecular complexity index is 1010. The molecular weight excluding hydrogens is 409 g/mol. The van der Waals surface area contributed by atoms with Crippen molar-refractivity contribution in [3.05, 3.63) is 59.9 Å². The maximum Gasteiger partial charge on any atom is 0.253 e. The lowest BCUT2D eigenvalue weighted by molar-refractivity contribution is -0.116. The number of sulfonamides is 1. The summed E-state index contributed by atoms with van der Waals surface area (Å²) in [6.07, 6.45) is 2.70. The summed E-state index contributed by atoms with van der Waals surface area (Å²) < 4.78 is 39.1. The van der Waals surface area contributed by atoms with E-state index in [9.17, 15) is 22.4 Å². The fourth-order valence-electron chi connectivity index (χ4n) is 2.92. The first-order valence-electron chi connectivity index (χ1n) is 9.58. The van der Waals surface area contributed by atoms with Crippen LogP contribution in [0.4, 0.5) is 15.8 Å². The minimum atomic E-state index is -3.89. The number of unbranched alkanes of at least 4 members (excludes halogenated alkanes) is 1. The number of nitrogens with zero attached hydrogens (tertiary/aromatic N) is 1. The Morgan fingerprint density at radius 1 is 1.13 bits per heavy atom. The monoisotopic (exact) mass is 435 g/mol.